The molecule has 1 aromatic carbocycles. The summed E-state index contributed by atoms with van der Waals surface area (Å²) in [6.07, 6.45) is 0.791. The van der Waals surface area contributed by atoms with Crippen LogP contribution in [0.15, 0.2) is 30.3 Å². The maximum absolute atomic E-state index is 12.0. The lowest BCUT2D eigenvalue weighted by Gasteiger charge is -2.06. The summed E-state index contributed by atoms with van der Waals surface area (Å²) < 4.78 is 31.8. The van der Waals surface area contributed by atoms with Gasteiger partial charge in [-0.1, -0.05) is 55.5 Å². The van der Waals surface area contributed by atoms with E-state index in [9.17, 15) is 8.42 Å². The lowest BCUT2D eigenvalue weighted by atomic mass is 10.1. The van der Waals surface area contributed by atoms with Gasteiger partial charge in [-0.15, -0.1) is 10.2 Å². The molecule has 2 rings (SSSR count). The maximum Gasteiger partial charge on any atom is 0.236 e. The van der Waals surface area contributed by atoms with Crippen LogP contribution in [-0.2, 0) is 27.8 Å². The minimum absolute atomic E-state index is 0.112. The highest BCUT2D eigenvalue weighted by Crippen LogP contribution is 2.19. The normalized spacial score (nSPS) is 11.8. The van der Waals surface area contributed by atoms with Gasteiger partial charge in [0.2, 0.25) is 15.2 Å². The number of ether oxygens (including phenoxy) is 1. The van der Waals surface area contributed by atoms with Gasteiger partial charge in [-0.2, -0.15) is 0 Å². The molecule has 0 saturated carbocycles. The molecular weight excluding hydrogens is 334 g/mol. The fraction of sp³-hybridized carbons (Fsp3) is 0.467. The van der Waals surface area contributed by atoms with Crippen molar-refractivity contribution in [1.29, 1.82) is 0 Å². The van der Waals surface area contributed by atoms with E-state index < -0.39 is 10.0 Å². The molecule has 6 nitrogen and oxygen atoms in total. The van der Waals surface area contributed by atoms with Gasteiger partial charge in [0.05, 0.1) is 19.0 Å². The topological polar surface area (TPSA) is 81.2 Å². The standard InChI is InChI=1S/C15H21N3O3S2/c1-12(2)10-14-16-17-15(22-14)18-23(19,20)9-8-21-11-13-6-4-3-5-7-13/h3-7,12H,8-11H2,1-2H3,(H,17,18). The van der Waals surface area contributed by atoms with Crippen molar-refractivity contribution in [3.63, 3.8) is 0 Å². The Labute approximate surface area is 141 Å². The largest absolute Gasteiger partial charge is 0.376 e. The summed E-state index contributed by atoms with van der Waals surface area (Å²) in [5.74, 6) is 0.345. The predicted octanol–water partition coefficient (Wildman–Crippen LogP) is 2.70. The van der Waals surface area contributed by atoms with Gasteiger partial charge in [-0.25, -0.2) is 8.42 Å². The molecule has 0 bridgehead atoms. The smallest absolute Gasteiger partial charge is 0.236 e. The second-order valence-corrected chi connectivity index (χ2v) is 8.46. The Bertz CT molecular complexity index is 700. The summed E-state index contributed by atoms with van der Waals surface area (Å²) in [7, 11) is -3.47. The van der Waals surface area contributed by atoms with E-state index >= 15 is 0 Å². The first-order valence-electron chi connectivity index (χ1n) is 7.39. The van der Waals surface area contributed by atoms with Crippen LogP contribution in [0.1, 0.15) is 24.4 Å². The van der Waals surface area contributed by atoms with Crippen molar-refractivity contribution in [3.05, 3.63) is 40.9 Å². The van der Waals surface area contributed by atoms with Gasteiger partial charge in [0.15, 0.2) is 0 Å². The van der Waals surface area contributed by atoms with E-state index in [2.05, 4.69) is 28.8 Å². The summed E-state index contributed by atoms with van der Waals surface area (Å²) in [6, 6.07) is 9.63. The molecule has 126 valence electrons. The Morgan fingerprint density at radius 1 is 1.22 bits per heavy atom. The first kappa shape index (κ1) is 17.8. The Kier molecular flexibility index (Phi) is 6.49. The third kappa shape index (κ3) is 6.64. The Morgan fingerprint density at radius 3 is 2.65 bits per heavy atom. The molecule has 0 radical (unpaired) electrons. The molecule has 1 aromatic heterocycles. The molecular formula is C15H21N3O3S2. The third-order valence-electron chi connectivity index (χ3n) is 2.90. The SMILES string of the molecule is CC(C)Cc1nnc(NS(=O)(=O)CCOCc2ccccc2)s1. The van der Waals surface area contributed by atoms with Gasteiger partial charge in [-0.05, 0) is 11.5 Å². The average molecular weight is 355 g/mol. The minimum Gasteiger partial charge on any atom is -0.376 e. The lowest BCUT2D eigenvalue weighted by Crippen LogP contribution is -2.20. The molecule has 1 N–H and O–H groups in total. The predicted molar refractivity (Wildman–Crippen MR) is 92.0 cm³/mol. The van der Waals surface area contributed by atoms with Gasteiger partial charge in [0.25, 0.3) is 0 Å². The molecule has 0 aliphatic rings. The van der Waals surface area contributed by atoms with Crippen LogP contribution >= 0.6 is 11.3 Å². The number of aromatic nitrogens is 2. The van der Waals surface area contributed by atoms with Gasteiger partial charge in [0.1, 0.15) is 5.01 Å². The summed E-state index contributed by atoms with van der Waals surface area (Å²) in [5.41, 5.74) is 1.01. The summed E-state index contributed by atoms with van der Waals surface area (Å²) >= 11 is 1.27. The molecule has 0 atom stereocenters. The molecule has 0 spiro atoms. The summed E-state index contributed by atoms with van der Waals surface area (Å²) in [6.45, 7) is 4.68. The van der Waals surface area contributed by atoms with Crippen LogP contribution in [0.2, 0.25) is 0 Å². The van der Waals surface area contributed by atoms with Crippen molar-refractivity contribution in [2.75, 3.05) is 17.1 Å². The van der Waals surface area contributed by atoms with E-state index in [0.29, 0.717) is 17.7 Å². The van der Waals surface area contributed by atoms with Crippen LogP contribution in [0.25, 0.3) is 0 Å². The second kappa shape index (κ2) is 8.37. The molecule has 0 unspecified atom stereocenters. The molecule has 1 heterocycles. The van der Waals surface area contributed by atoms with Gasteiger partial charge in [0, 0.05) is 6.42 Å². The first-order chi connectivity index (χ1) is 10.9. The zero-order chi connectivity index (χ0) is 16.7. The average Bonchev–Trinajstić information content (AvgIpc) is 2.90. The van der Waals surface area contributed by atoms with Crippen molar-refractivity contribution >= 4 is 26.5 Å². The van der Waals surface area contributed by atoms with E-state index in [1.807, 2.05) is 30.3 Å². The number of nitrogens with zero attached hydrogens (tertiary/aromatic N) is 2. The van der Waals surface area contributed by atoms with Crippen LogP contribution in [0, 0.1) is 5.92 Å². The highest BCUT2D eigenvalue weighted by atomic mass is 32.2. The van der Waals surface area contributed by atoms with Crippen molar-refractivity contribution in [2.24, 2.45) is 5.92 Å². The van der Waals surface area contributed by atoms with Gasteiger partial charge in [-0.3, -0.25) is 4.72 Å². The van der Waals surface area contributed by atoms with Gasteiger partial charge < -0.3 is 4.74 Å². The van der Waals surface area contributed by atoms with Gasteiger partial charge >= 0.3 is 0 Å². The number of nitrogens with one attached hydrogen (secondary N) is 1. The Balaban J connectivity index is 1.77. The van der Waals surface area contributed by atoms with Crippen molar-refractivity contribution in [2.45, 2.75) is 26.9 Å². The molecule has 0 aliphatic carbocycles. The molecule has 2 aromatic rings. The Morgan fingerprint density at radius 2 is 1.96 bits per heavy atom. The highest BCUT2D eigenvalue weighted by molar-refractivity contribution is 7.92. The maximum atomic E-state index is 12.0. The fourth-order valence-corrected chi connectivity index (χ4v) is 3.94. The fourth-order valence-electron chi connectivity index (χ4n) is 1.84. The number of hydrogen-bond donors (Lipinski definition) is 1. The van der Waals surface area contributed by atoms with Crippen LogP contribution < -0.4 is 4.72 Å². The quantitative estimate of drug-likeness (QED) is 0.700. The minimum atomic E-state index is -3.47. The molecule has 0 saturated heterocycles. The number of sulfonamides is 1. The van der Waals surface area contributed by atoms with Crippen molar-refractivity contribution in [1.82, 2.24) is 10.2 Å². The third-order valence-corrected chi connectivity index (χ3v) is 5.10. The summed E-state index contributed by atoms with van der Waals surface area (Å²) in [5, 5.41) is 9.00. The number of hydrogen-bond acceptors (Lipinski definition) is 6. The molecule has 8 heteroatoms. The number of benzene rings is 1. The van der Waals surface area contributed by atoms with Crippen molar-refractivity contribution < 1.29 is 13.2 Å². The lowest BCUT2D eigenvalue weighted by molar-refractivity contribution is 0.135. The molecule has 0 aliphatic heterocycles. The Hall–Kier alpha value is -1.51. The van der Waals surface area contributed by atoms with E-state index in [4.69, 9.17) is 4.74 Å². The molecule has 23 heavy (non-hydrogen) atoms. The molecule has 0 amide bonds. The molecule has 0 fully saturated rings. The first-order valence-corrected chi connectivity index (χ1v) is 9.86. The van der Waals surface area contributed by atoms with Crippen LogP contribution in [-0.4, -0.2) is 31.0 Å². The monoisotopic (exact) mass is 355 g/mol. The van der Waals surface area contributed by atoms with Crippen LogP contribution in [0.3, 0.4) is 0 Å². The highest BCUT2D eigenvalue weighted by Gasteiger charge is 2.14. The second-order valence-electron chi connectivity index (χ2n) is 5.56. The summed E-state index contributed by atoms with van der Waals surface area (Å²) in [4.78, 5) is 0. The number of anilines is 1. The van der Waals surface area contributed by atoms with Crippen LogP contribution in [0.5, 0.6) is 0 Å². The van der Waals surface area contributed by atoms with E-state index in [-0.39, 0.29) is 12.4 Å². The zero-order valence-electron chi connectivity index (χ0n) is 13.2. The van der Waals surface area contributed by atoms with Crippen LogP contribution in [0.4, 0.5) is 5.13 Å². The zero-order valence-corrected chi connectivity index (χ0v) is 14.9. The van der Waals surface area contributed by atoms with E-state index in [1.54, 1.807) is 0 Å². The number of rotatable bonds is 9. The van der Waals surface area contributed by atoms with E-state index in [0.717, 1.165) is 17.0 Å². The van der Waals surface area contributed by atoms with Crippen molar-refractivity contribution in [3.8, 4) is 0 Å². The van der Waals surface area contributed by atoms with E-state index in [1.165, 1.54) is 11.3 Å².